The molecule has 0 aromatic carbocycles. The van der Waals surface area contributed by atoms with Gasteiger partial charge in [0, 0.05) is 17.1 Å². The van der Waals surface area contributed by atoms with Gasteiger partial charge in [0.2, 0.25) is 0 Å². The van der Waals surface area contributed by atoms with Crippen molar-refractivity contribution in [2.45, 2.75) is 24.8 Å². The number of H-pyrrole nitrogens is 1. The molecule has 1 heterocycles. The average molecular weight is 209 g/mol. The molecule has 0 atom stereocenters. The van der Waals surface area contributed by atoms with Crippen LogP contribution in [-0.4, -0.2) is 18.4 Å². The third kappa shape index (κ3) is 2.22. The lowest BCUT2D eigenvalue weighted by Crippen LogP contribution is -1.91. The fourth-order valence-electron chi connectivity index (χ4n) is 0.831. The predicted octanol–water partition coefficient (Wildman–Crippen LogP) is 1.29. The van der Waals surface area contributed by atoms with Crippen molar-refractivity contribution in [3.8, 4) is 0 Å². The molecular formula is C6H9ClN2O2S. The van der Waals surface area contributed by atoms with E-state index in [-0.39, 0.29) is 5.03 Å². The summed E-state index contributed by atoms with van der Waals surface area (Å²) in [4.78, 5) is 6.48. The molecule has 0 aliphatic carbocycles. The minimum Gasteiger partial charge on any atom is -0.332 e. The van der Waals surface area contributed by atoms with Gasteiger partial charge in [-0.2, -0.15) is 0 Å². The Bertz CT molecular complexity index is 357. The summed E-state index contributed by atoms with van der Waals surface area (Å²) in [6.07, 6.45) is 2.87. The Morgan fingerprint density at radius 3 is 2.75 bits per heavy atom. The Hall–Kier alpha value is -0.550. The molecule has 0 saturated heterocycles. The lowest BCUT2D eigenvalue weighted by Gasteiger charge is -1.89. The van der Waals surface area contributed by atoms with Crippen LogP contribution in [0.4, 0.5) is 0 Å². The number of aromatic nitrogens is 2. The zero-order valence-corrected chi connectivity index (χ0v) is 8.11. The molecule has 4 nitrogen and oxygen atoms in total. The quantitative estimate of drug-likeness (QED) is 0.762. The summed E-state index contributed by atoms with van der Waals surface area (Å²) in [5, 5.41) is -0.0346. The molecule has 6 heteroatoms. The number of aromatic amines is 1. The van der Waals surface area contributed by atoms with Gasteiger partial charge in [0.25, 0.3) is 9.05 Å². The number of nitrogens with one attached hydrogen (secondary N) is 1. The van der Waals surface area contributed by atoms with E-state index >= 15 is 0 Å². The Labute approximate surface area is 75.4 Å². The van der Waals surface area contributed by atoms with Crippen molar-refractivity contribution in [1.82, 2.24) is 9.97 Å². The molecule has 0 spiro atoms. The topological polar surface area (TPSA) is 62.8 Å². The van der Waals surface area contributed by atoms with Gasteiger partial charge in [0.1, 0.15) is 5.82 Å². The Kier molecular flexibility index (Phi) is 2.74. The van der Waals surface area contributed by atoms with Gasteiger partial charge >= 0.3 is 0 Å². The molecule has 0 aliphatic heterocycles. The number of imidazole rings is 1. The van der Waals surface area contributed by atoms with E-state index in [1.165, 1.54) is 6.20 Å². The molecule has 0 aliphatic rings. The van der Waals surface area contributed by atoms with Crippen LogP contribution in [0.1, 0.15) is 19.2 Å². The highest BCUT2D eigenvalue weighted by Gasteiger charge is 2.12. The zero-order chi connectivity index (χ0) is 9.19. The summed E-state index contributed by atoms with van der Waals surface area (Å²) in [6.45, 7) is 1.98. The third-order valence-electron chi connectivity index (χ3n) is 1.35. The molecule has 1 rings (SSSR count). The standard InChI is InChI=1S/C6H9ClN2O2S/c1-2-3-5-8-4-6(9-5)12(7,10)11/h4H,2-3H2,1H3,(H,8,9). The average Bonchev–Trinajstić information content (AvgIpc) is 2.35. The van der Waals surface area contributed by atoms with E-state index in [1.807, 2.05) is 6.92 Å². The van der Waals surface area contributed by atoms with Gasteiger partial charge in [-0.05, 0) is 6.42 Å². The third-order valence-corrected chi connectivity index (χ3v) is 2.59. The lowest BCUT2D eigenvalue weighted by molar-refractivity contribution is 0.606. The maximum Gasteiger partial charge on any atom is 0.278 e. The summed E-state index contributed by atoms with van der Waals surface area (Å²) in [7, 11) is 1.43. The Morgan fingerprint density at radius 1 is 1.67 bits per heavy atom. The maximum absolute atomic E-state index is 10.7. The number of hydrogen-bond donors (Lipinski definition) is 1. The first kappa shape index (κ1) is 9.54. The fourth-order valence-corrected chi connectivity index (χ4v) is 1.48. The van der Waals surface area contributed by atoms with Crippen molar-refractivity contribution in [2.75, 3.05) is 0 Å². The molecule has 68 valence electrons. The van der Waals surface area contributed by atoms with E-state index in [1.54, 1.807) is 0 Å². The molecule has 1 aromatic rings. The number of aryl methyl sites for hydroxylation is 1. The smallest absolute Gasteiger partial charge is 0.278 e. The van der Waals surface area contributed by atoms with Gasteiger partial charge < -0.3 is 4.98 Å². The minimum absolute atomic E-state index is 0.0346. The van der Waals surface area contributed by atoms with Crippen LogP contribution in [0.3, 0.4) is 0 Å². The minimum atomic E-state index is -3.65. The van der Waals surface area contributed by atoms with E-state index in [2.05, 4.69) is 9.97 Å². The summed E-state index contributed by atoms with van der Waals surface area (Å²) in [5.41, 5.74) is 0. The Balaban J connectivity index is 2.92. The zero-order valence-electron chi connectivity index (χ0n) is 6.54. The van der Waals surface area contributed by atoms with E-state index in [9.17, 15) is 8.42 Å². The second-order valence-electron chi connectivity index (χ2n) is 2.38. The van der Waals surface area contributed by atoms with E-state index in [4.69, 9.17) is 10.7 Å². The maximum atomic E-state index is 10.7. The SMILES string of the molecule is CCCc1ncc(S(=O)(=O)Cl)[nH]1. The van der Waals surface area contributed by atoms with Crippen molar-refractivity contribution in [1.29, 1.82) is 0 Å². The van der Waals surface area contributed by atoms with E-state index in [0.717, 1.165) is 12.8 Å². The molecule has 0 saturated carbocycles. The highest BCUT2D eigenvalue weighted by molar-refractivity contribution is 8.13. The molecule has 1 aromatic heterocycles. The van der Waals surface area contributed by atoms with E-state index in [0.29, 0.717) is 5.82 Å². The molecule has 0 radical (unpaired) electrons. The van der Waals surface area contributed by atoms with Crippen LogP contribution in [0.15, 0.2) is 11.2 Å². The van der Waals surface area contributed by atoms with Crippen molar-refractivity contribution in [3.05, 3.63) is 12.0 Å². The fraction of sp³-hybridized carbons (Fsp3) is 0.500. The highest BCUT2D eigenvalue weighted by Crippen LogP contribution is 2.11. The lowest BCUT2D eigenvalue weighted by atomic mass is 10.3. The van der Waals surface area contributed by atoms with Gasteiger partial charge in [-0.3, -0.25) is 0 Å². The Morgan fingerprint density at radius 2 is 2.33 bits per heavy atom. The van der Waals surface area contributed by atoms with Crippen LogP contribution < -0.4 is 0 Å². The van der Waals surface area contributed by atoms with Crippen LogP contribution in [0, 0.1) is 0 Å². The van der Waals surface area contributed by atoms with Gasteiger partial charge in [-0.25, -0.2) is 13.4 Å². The van der Waals surface area contributed by atoms with E-state index < -0.39 is 9.05 Å². The number of halogens is 1. The van der Waals surface area contributed by atoms with Crippen molar-refractivity contribution < 1.29 is 8.42 Å². The van der Waals surface area contributed by atoms with Gasteiger partial charge in [0.15, 0.2) is 5.03 Å². The molecule has 0 bridgehead atoms. The molecule has 0 unspecified atom stereocenters. The molecule has 0 amide bonds. The predicted molar refractivity (Wildman–Crippen MR) is 45.6 cm³/mol. The van der Waals surface area contributed by atoms with Crippen LogP contribution in [0.25, 0.3) is 0 Å². The second-order valence-corrected chi connectivity index (χ2v) is 4.92. The number of hydrogen-bond acceptors (Lipinski definition) is 3. The second kappa shape index (κ2) is 3.45. The van der Waals surface area contributed by atoms with Crippen molar-refractivity contribution >= 4 is 19.7 Å². The van der Waals surface area contributed by atoms with Crippen molar-refractivity contribution in [2.24, 2.45) is 0 Å². The first-order chi connectivity index (χ1) is 5.54. The molecule has 1 N–H and O–H groups in total. The molecule has 0 fully saturated rings. The normalized spacial score (nSPS) is 11.8. The van der Waals surface area contributed by atoms with Crippen LogP contribution >= 0.6 is 10.7 Å². The summed E-state index contributed by atoms with van der Waals surface area (Å²) in [5.74, 6) is 0.650. The molecular weight excluding hydrogens is 200 g/mol. The number of rotatable bonds is 3. The largest absolute Gasteiger partial charge is 0.332 e. The number of nitrogens with zero attached hydrogens (tertiary/aromatic N) is 1. The van der Waals surface area contributed by atoms with Gasteiger partial charge in [-0.15, -0.1) is 0 Å². The van der Waals surface area contributed by atoms with Crippen molar-refractivity contribution in [3.63, 3.8) is 0 Å². The summed E-state index contributed by atoms with van der Waals surface area (Å²) < 4.78 is 21.5. The summed E-state index contributed by atoms with van der Waals surface area (Å²) in [6, 6.07) is 0. The monoisotopic (exact) mass is 208 g/mol. The van der Waals surface area contributed by atoms with Gasteiger partial charge in [0.05, 0.1) is 6.20 Å². The first-order valence-corrected chi connectivity index (χ1v) is 5.83. The van der Waals surface area contributed by atoms with Gasteiger partial charge in [-0.1, -0.05) is 6.92 Å². The van der Waals surface area contributed by atoms with Crippen LogP contribution in [0.2, 0.25) is 0 Å². The highest BCUT2D eigenvalue weighted by atomic mass is 35.7. The van der Waals surface area contributed by atoms with Crippen LogP contribution in [-0.2, 0) is 15.5 Å². The van der Waals surface area contributed by atoms with Crippen LogP contribution in [0.5, 0.6) is 0 Å². The molecule has 12 heavy (non-hydrogen) atoms. The summed E-state index contributed by atoms with van der Waals surface area (Å²) >= 11 is 0. The first-order valence-electron chi connectivity index (χ1n) is 3.52.